The minimum Gasteiger partial charge on any atom is -0.497 e. The molecule has 0 fully saturated rings. The third kappa shape index (κ3) is 3.69. The minimum atomic E-state index is -3.58. The summed E-state index contributed by atoms with van der Waals surface area (Å²) in [6.45, 7) is 3.21. The Morgan fingerprint density at radius 3 is 2.59 bits per heavy atom. The molecule has 0 spiro atoms. The molecule has 0 radical (unpaired) electrons. The molecule has 1 unspecified atom stereocenters. The van der Waals surface area contributed by atoms with Crippen LogP contribution in [0.5, 0.6) is 5.75 Å². The highest BCUT2D eigenvalue weighted by Crippen LogP contribution is 2.20. The number of aliphatic hydroxyl groups excluding tert-OH is 1. The molecule has 0 aliphatic heterocycles. The van der Waals surface area contributed by atoms with Gasteiger partial charge in [0.2, 0.25) is 10.0 Å². The van der Waals surface area contributed by atoms with Crippen LogP contribution >= 0.6 is 0 Å². The fraction of sp³-hybridized carbons (Fsp3) is 0.455. The van der Waals surface area contributed by atoms with Gasteiger partial charge in [0.1, 0.15) is 5.75 Å². The number of benzene rings is 1. The van der Waals surface area contributed by atoms with Gasteiger partial charge in [-0.2, -0.15) is 0 Å². The number of nitrogens with one attached hydrogen (secondary N) is 1. The number of sulfonamides is 1. The fourth-order valence-corrected chi connectivity index (χ4v) is 2.70. The second-order valence-corrected chi connectivity index (χ2v) is 5.57. The SMILES string of the molecule is COc1ccc(S(=O)(=O)NCC(C)O)c(C)c1. The third-order valence-corrected chi connectivity index (χ3v) is 3.82. The van der Waals surface area contributed by atoms with Crippen molar-refractivity contribution in [3.63, 3.8) is 0 Å². The van der Waals surface area contributed by atoms with Crippen LogP contribution in [0.3, 0.4) is 0 Å². The predicted molar refractivity (Wildman–Crippen MR) is 64.6 cm³/mol. The predicted octanol–water partition coefficient (Wildman–Crippen LogP) is 0.663. The lowest BCUT2D eigenvalue weighted by atomic mass is 10.2. The van der Waals surface area contributed by atoms with Crippen LogP contribution in [0.4, 0.5) is 0 Å². The molecule has 1 atom stereocenters. The molecule has 5 nitrogen and oxygen atoms in total. The highest BCUT2D eigenvalue weighted by Gasteiger charge is 2.17. The summed E-state index contributed by atoms with van der Waals surface area (Å²) in [6.07, 6.45) is -0.719. The lowest BCUT2D eigenvalue weighted by molar-refractivity contribution is 0.198. The molecule has 0 amide bonds. The van der Waals surface area contributed by atoms with E-state index in [-0.39, 0.29) is 11.4 Å². The second-order valence-electron chi connectivity index (χ2n) is 3.83. The van der Waals surface area contributed by atoms with Gasteiger partial charge in [0, 0.05) is 6.54 Å². The second kappa shape index (κ2) is 5.48. The van der Waals surface area contributed by atoms with E-state index in [2.05, 4.69) is 4.72 Å². The summed E-state index contributed by atoms with van der Waals surface area (Å²) in [5.41, 5.74) is 0.599. The molecule has 17 heavy (non-hydrogen) atoms. The Bertz CT molecular complexity index is 482. The van der Waals surface area contributed by atoms with E-state index in [0.717, 1.165) is 0 Å². The van der Waals surface area contributed by atoms with Crippen molar-refractivity contribution < 1.29 is 18.3 Å². The van der Waals surface area contributed by atoms with Gasteiger partial charge in [-0.1, -0.05) is 0 Å². The summed E-state index contributed by atoms with van der Waals surface area (Å²) < 4.78 is 31.1. The number of hydrogen-bond donors (Lipinski definition) is 2. The molecule has 0 bridgehead atoms. The monoisotopic (exact) mass is 259 g/mol. The maximum absolute atomic E-state index is 11.9. The Balaban J connectivity index is 2.99. The molecule has 2 N–H and O–H groups in total. The zero-order valence-corrected chi connectivity index (χ0v) is 10.9. The molecule has 1 rings (SSSR count). The van der Waals surface area contributed by atoms with Crippen molar-refractivity contribution in [1.82, 2.24) is 4.72 Å². The van der Waals surface area contributed by atoms with Gasteiger partial charge in [-0.05, 0) is 37.6 Å². The molecule has 0 saturated heterocycles. The van der Waals surface area contributed by atoms with Gasteiger partial charge in [-0.3, -0.25) is 0 Å². The average Bonchev–Trinajstić information content (AvgIpc) is 2.26. The molecular weight excluding hydrogens is 242 g/mol. The Morgan fingerprint density at radius 2 is 2.12 bits per heavy atom. The van der Waals surface area contributed by atoms with Crippen molar-refractivity contribution in [1.29, 1.82) is 0 Å². The average molecular weight is 259 g/mol. The smallest absolute Gasteiger partial charge is 0.240 e. The molecule has 1 aromatic carbocycles. The molecule has 0 saturated carbocycles. The Kier molecular flexibility index (Phi) is 4.50. The largest absolute Gasteiger partial charge is 0.497 e. The molecule has 96 valence electrons. The van der Waals surface area contributed by atoms with E-state index < -0.39 is 16.1 Å². The van der Waals surface area contributed by atoms with Crippen LogP contribution in [0.1, 0.15) is 12.5 Å². The number of ether oxygens (including phenoxy) is 1. The van der Waals surface area contributed by atoms with E-state index >= 15 is 0 Å². The summed E-state index contributed by atoms with van der Waals surface area (Å²) in [5, 5.41) is 9.07. The Labute approximate surface area is 101 Å². The standard InChI is InChI=1S/C11H17NO4S/c1-8-6-10(16-3)4-5-11(8)17(14,15)12-7-9(2)13/h4-6,9,12-13H,7H2,1-3H3. The summed E-state index contributed by atoms with van der Waals surface area (Å²) >= 11 is 0. The van der Waals surface area contributed by atoms with Crippen LogP contribution in [0, 0.1) is 6.92 Å². The first kappa shape index (κ1) is 14.0. The van der Waals surface area contributed by atoms with E-state index in [1.807, 2.05) is 0 Å². The van der Waals surface area contributed by atoms with E-state index in [9.17, 15) is 8.42 Å². The highest BCUT2D eigenvalue weighted by molar-refractivity contribution is 7.89. The van der Waals surface area contributed by atoms with Crippen LogP contribution < -0.4 is 9.46 Å². The maximum Gasteiger partial charge on any atom is 0.240 e. The van der Waals surface area contributed by atoms with Crippen LogP contribution in [-0.4, -0.2) is 33.3 Å². The van der Waals surface area contributed by atoms with E-state index in [1.165, 1.54) is 20.1 Å². The Hall–Kier alpha value is -1.11. The molecule has 0 heterocycles. The van der Waals surface area contributed by atoms with E-state index in [0.29, 0.717) is 11.3 Å². The van der Waals surface area contributed by atoms with Gasteiger partial charge in [0.15, 0.2) is 0 Å². The summed E-state index contributed by atoms with van der Waals surface area (Å²) in [6, 6.07) is 4.72. The lowest BCUT2D eigenvalue weighted by Gasteiger charge is -2.11. The molecule has 0 aliphatic carbocycles. The molecule has 6 heteroatoms. The number of aliphatic hydroxyl groups is 1. The van der Waals surface area contributed by atoms with Gasteiger partial charge >= 0.3 is 0 Å². The number of rotatable bonds is 5. The molecule has 0 aromatic heterocycles. The van der Waals surface area contributed by atoms with Crippen molar-refractivity contribution in [3.8, 4) is 5.75 Å². The van der Waals surface area contributed by atoms with Crippen molar-refractivity contribution >= 4 is 10.0 Å². The first-order valence-corrected chi connectivity index (χ1v) is 6.67. The van der Waals surface area contributed by atoms with Gasteiger partial charge in [0.05, 0.1) is 18.1 Å². The van der Waals surface area contributed by atoms with Crippen molar-refractivity contribution in [2.45, 2.75) is 24.8 Å². The first-order valence-electron chi connectivity index (χ1n) is 5.19. The Morgan fingerprint density at radius 1 is 1.47 bits per heavy atom. The van der Waals surface area contributed by atoms with Crippen LogP contribution in [0.15, 0.2) is 23.1 Å². The lowest BCUT2D eigenvalue weighted by Crippen LogP contribution is -2.31. The summed E-state index contributed by atoms with van der Waals surface area (Å²) in [5.74, 6) is 0.608. The zero-order chi connectivity index (χ0) is 13.1. The van der Waals surface area contributed by atoms with Crippen LogP contribution in [0.2, 0.25) is 0 Å². The highest BCUT2D eigenvalue weighted by atomic mass is 32.2. The van der Waals surface area contributed by atoms with E-state index in [4.69, 9.17) is 9.84 Å². The summed E-state index contributed by atoms with van der Waals surface area (Å²) in [4.78, 5) is 0.193. The van der Waals surface area contributed by atoms with Crippen molar-refractivity contribution in [2.75, 3.05) is 13.7 Å². The van der Waals surface area contributed by atoms with Gasteiger partial charge in [-0.15, -0.1) is 0 Å². The van der Waals surface area contributed by atoms with Gasteiger partial charge < -0.3 is 9.84 Å². The number of methoxy groups -OCH3 is 1. The molecule has 1 aromatic rings. The molecular formula is C11H17NO4S. The van der Waals surface area contributed by atoms with Gasteiger partial charge in [0.25, 0.3) is 0 Å². The maximum atomic E-state index is 11.9. The first-order chi connectivity index (χ1) is 7.86. The van der Waals surface area contributed by atoms with Gasteiger partial charge in [-0.25, -0.2) is 13.1 Å². The molecule has 0 aliphatic rings. The number of aryl methyl sites for hydroxylation is 1. The topological polar surface area (TPSA) is 75.6 Å². The van der Waals surface area contributed by atoms with Crippen LogP contribution in [0.25, 0.3) is 0 Å². The minimum absolute atomic E-state index is 0.00615. The normalized spacial score (nSPS) is 13.4. The summed E-state index contributed by atoms with van der Waals surface area (Å²) in [7, 11) is -2.05. The zero-order valence-electron chi connectivity index (χ0n) is 10.1. The van der Waals surface area contributed by atoms with E-state index in [1.54, 1.807) is 19.1 Å². The fourth-order valence-electron chi connectivity index (χ4n) is 1.36. The van der Waals surface area contributed by atoms with Crippen molar-refractivity contribution in [2.24, 2.45) is 0 Å². The number of hydrogen-bond acceptors (Lipinski definition) is 4. The van der Waals surface area contributed by atoms with Crippen molar-refractivity contribution in [3.05, 3.63) is 23.8 Å². The quantitative estimate of drug-likeness (QED) is 0.814. The van der Waals surface area contributed by atoms with Crippen LogP contribution in [-0.2, 0) is 10.0 Å². The third-order valence-electron chi connectivity index (χ3n) is 2.24.